The summed E-state index contributed by atoms with van der Waals surface area (Å²) in [5.41, 5.74) is 2.15. The van der Waals surface area contributed by atoms with Gasteiger partial charge in [-0.15, -0.1) is 0 Å². The van der Waals surface area contributed by atoms with Gasteiger partial charge in [0, 0.05) is 10.9 Å². The van der Waals surface area contributed by atoms with E-state index in [0.717, 1.165) is 0 Å². The molecule has 116 valence electrons. The molecular weight excluding hydrogens is 299 g/mol. The fourth-order valence-corrected chi connectivity index (χ4v) is 2.63. The monoisotopic (exact) mass is 312 g/mol. The van der Waals surface area contributed by atoms with E-state index in [-0.39, 0.29) is 12.2 Å². The molecule has 0 aliphatic rings. The van der Waals surface area contributed by atoms with Crippen molar-refractivity contribution in [1.29, 1.82) is 0 Å². The van der Waals surface area contributed by atoms with Crippen LogP contribution in [-0.2, 0) is 11.2 Å². The highest BCUT2D eigenvalue weighted by atomic mass is 19.1. The molecule has 0 unspecified atom stereocenters. The van der Waals surface area contributed by atoms with E-state index in [1.807, 2.05) is 0 Å². The summed E-state index contributed by atoms with van der Waals surface area (Å²) < 4.78 is 18.5. The van der Waals surface area contributed by atoms with E-state index in [2.05, 4.69) is 0 Å². The topological polar surface area (TPSA) is 67.5 Å². The van der Waals surface area contributed by atoms with Crippen molar-refractivity contribution in [2.45, 2.75) is 13.3 Å². The molecule has 2 aromatic carbocycles. The van der Waals surface area contributed by atoms with Crippen LogP contribution in [0.3, 0.4) is 0 Å². The fourth-order valence-electron chi connectivity index (χ4n) is 2.63. The van der Waals surface area contributed by atoms with Gasteiger partial charge in [-0.05, 0) is 54.4 Å². The summed E-state index contributed by atoms with van der Waals surface area (Å²) in [6.45, 7) is 1.69. The summed E-state index contributed by atoms with van der Waals surface area (Å²) in [4.78, 5) is 23.8. The van der Waals surface area contributed by atoms with E-state index in [1.54, 1.807) is 19.1 Å². The Morgan fingerprint density at radius 2 is 1.87 bits per heavy atom. The van der Waals surface area contributed by atoms with Crippen molar-refractivity contribution in [3.63, 3.8) is 0 Å². The molecule has 5 heteroatoms. The molecule has 0 radical (unpaired) electrons. The second kappa shape index (κ2) is 5.68. The van der Waals surface area contributed by atoms with Crippen LogP contribution in [0.15, 0.2) is 47.1 Å². The summed E-state index contributed by atoms with van der Waals surface area (Å²) in [5.74, 6) is -1.73. The Kier molecular flexibility index (Phi) is 3.70. The van der Waals surface area contributed by atoms with Gasteiger partial charge in [-0.2, -0.15) is 0 Å². The van der Waals surface area contributed by atoms with Crippen LogP contribution in [0.25, 0.3) is 11.0 Å². The number of hydrogen-bond donors (Lipinski definition) is 1. The van der Waals surface area contributed by atoms with E-state index in [4.69, 9.17) is 9.52 Å². The van der Waals surface area contributed by atoms with Crippen LogP contribution in [0.4, 0.5) is 4.39 Å². The molecule has 0 aliphatic carbocycles. The molecule has 3 aromatic rings. The first-order valence-electron chi connectivity index (χ1n) is 6.99. The van der Waals surface area contributed by atoms with Gasteiger partial charge >= 0.3 is 5.97 Å². The number of carbonyl (C=O) groups excluding carboxylic acids is 1. The van der Waals surface area contributed by atoms with E-state index >= 15 is 0 Å². The van der Waals surface area contributed by atoms with Gasteiger partial charge in [-0.3, -0.25) is 9.59 Å². The number of furan rings is 1. The molecule has 0 fully saturated rings. The minimum absolute atomic E-state index is 0.184. The highest BCUT2D eigenvalue weighted by molar-refractivity contribution is 6.16. The Labute approximate surface area is 131 Å². The number of carboxylic acids is 1. The van der Waals surface area contributed by atoms with Crippen LogP contribution >= 0.6 is 0 Å². The third-order valence-electron chi connectivity index (χ3n) is 3.78. The quantitative estimate of drug-likeness (QED) is 0.745. The first-order valence-corrected chi connectivity index (χ1v) is 6.99. The molecule has 1 heterocycles. The van der Waals surface area contributed by atoms with E-state index in [9.17, 15) is 14.0 Å². The largest absolute Gasteiger partial charge is 0.481 e. The van der Waals surface area contributed by atoms with Gasteiger partial charge in [-0.25, -0.2) is 4.39 Å². The maximum atomic E-state index is 13.0. The minimum atomic E-state index is -0.976. The lowest BCUT2D eigenvalue weighted by Gasteiger charge is -2.11. The Bertz CT molecular complexity index is 907. The smallest absolute Gasteiger partial charge is 0.307 e. The molecule has 0 bridgehead atoms. The highest BCUT2D eigenvalue weighted by Gasteiger charge is 2.21. The average molecular weight is 312 g/mol. The molecule has 0 atom stereocenters. The lowest BCUT2D eigenvalue weighted by atomic mass is 9.92. The zero-order chi connectivity index (χ0) is 16.6. The SMILES string of the molecule is Cc1c(CC(=O)O)cc2ccoc2c1C(=O)c1ccc(F)cc1. The van der Waals surface area contributed by atoms with Gasteiger partial charge in [0.15, 0.2) is 5.78 Å². The van der Waals surface area contributed by atoms with Gasteiger partial charge in [0.25, 0.3) is 0 Å². The van der Waals surface area contributed by atoms with Crippen LogP contribution in [0.5, 0.6) is 0 Å². The number of halogens is 1. The van der Waals surface area contributed by atoms with E-state index < -0.39 is 11.8 Å². The van der Waals surface area contributed by atoms with Crippen LogP contribution in [-0.4, -0.2) is 16.9 Å². The molecule has 1 N–H and O–H groups in total. The Balaban J connectivity index is 2.20. The molecule has 0 spiro atoms. The lowest BCUT2D eigenvalue weighted by molar-refractivity contribution is -0.136. The van der Waals surface area contributed by atoms with Crippen LogP contribution in [0.2, 0.25) is 0 Å². The molecule has 0 saturated heterocycles. The number of aliphatic carboxylic acids is 1. The number of fused-ring (bicyclic) bond motifs is 1. The second-order valence-electron chi connectivity index (χ2n) is 5.28. The summed E-state index contributed by atoms with van der Waals surface area (Å²) in [6.07, 6.45) is 1.27. The van der Waals surface area contributed by atoms with Gasteiger partial charge in [-0.1, -0.05) is 0 Å². The number of carbonyl (C=O) groups is 2. The van der Waals surface area contributed by atoms with Crippen molar-refractivity contribution in [2.75, 3.05) is 0 Å². The van der Waals surface area contributed by atoms with Crippen molar-refractivity contribution in [1.82, 2.24) is 0 Å². The third kappa shape index (κ3) is 2.73. The molecule has 4 nitrogen and oxygen atoms in total. The lowest BCUT2D eigenvalue weighted by Crippen LogP contribution is -2.09. The molecule has 1 aromatic heterocycles. The molecule has 0 amide bonds. The number of ketones is 1. The highest BCUT2D eigenvalue weighted by Crippen LogP contribution is 2.29. The van der Waals surface area contributed by atoms with Crippen molar-refractivity contribution in [2.24, 2.45) is 0 Å². The first kappa shape index (κ1) is 15.0. The van der Waals surface area contributed by atoms with Crippen molar-refractivity contribution >= 4 is 22.7 Å². The van der Waals surface area contributed by atoms with Crippen molar-refractivity contribution in [3.8, 4) is 0 Å². The second-order valence-corrected chi connectivity index (χ2v) is 5.28. The normalized spacial score (nSPS) is 10.9. The number of carboxylic acid groups (broad SMARTS) is 1. The molecule has 3 rings (SSSR count). The van der Waals surface area contributed by atoms with Gasteiger partial charge in [0.05, 0.1) is 18.2 Å². The first-order chi connectivity index (χ1) is 11.0. The summed E-state index contributed by atoms with van der Waals surface area (Å²) in [6, 6.07) is 8.61. The van der Waals surface area contributed by atoms with Gasteiger partial charge < -0.3 is 9.52 Å². The molecular formula is C18H13FO4. The fraction of sp³-hybridized carbons (Fsp3) is 0.111. The predicted octanol–water partition coefficient (Wildman–Crippen LogP) is 3.74. The molecule has 23 heavy (non-hydrogen) atoms. The van der Waals surface area contributed by atoms with Crippen LogP contribution < -0.4 is 0 Å². The third-order valence-corrected chi connectivity index (χ3v) is 3.78. The maximum Gasteiger partial charge on any atom is 0.307 e. The summed E-state index contributed by atoms with van der Waals surface area (Å²) >= 11 is 0. The van der Waals surface area contributed by atoms with E-state index in [1.165, 1.54) is 30.5 Å². The maximum absolute atomic E-state index is 13.0. The molecule has 0 saturated carbocycles. The predicted molar refractivity (Wildman–Crippen MR) is 82.1 cm³/mol. The standard InChI is InChI=1S/C18H13FO4/c1-10-13(9-15(20)21)8-12-6-7-23-18(12)16(10)17(22)11-2-4-14(19)5-3-11/h2-8H,9H2,1H3,(H,20,21). The number of benzene rings is 2. The van der Waals surface area contributed by atoms with Crippen LogP contribution in [0, 0.1) is 12.7 Å². The molecule has 0 aliphatic heterocycles. The number of rotatable bonds is 4. The van der Waals surface area contributed by atoms with Crippen LogP contribution in [0.1, 0.15) is 27.0 Å². The number of hydrogen-bond acceptors (Lipinski definition) is 3. The zero-order valence-corrected chi connectivity index (χ0v) is 12.3. The average Bonchev–Trinajstić information content (AvgIpc) is 2.95. The summed E-state index contributed by atoms with van der Waals surface area (Å²) in [5, 5.41) is 9.71. The Hall–Kier alpha value is -2.95. The summed E-state index contributed by atoms with van der Waals surface area (Å²) in [7, 11) is 0. The minimum Gasteiger partial charge on any atom is -0.481 e. The van der Waals surface area contributed by atoms with Gasteiger partial charge in [0.2, 0.25) is 0 Å². The van der Waals surface area contributed by atoms with Crippen molar-refractivity contribution in [3.05, 3.63) is 70.7 Å². The van der Waals surface area contributed by atoms with Gasteiger partial charge in [0.1, 0.15) is 11.4 Å². The Morgan fingerprint density at radius 1 is 1.17 bits per heavy atom. The zero-order valence-electron chi connectivity index (χ0n) is 12.3. The van der Waals surface area contributed by atoms with E-state index in [0.29, 0.717) is 33.2 Å². The Morgan fingerprint density at radius 3 is 2.52 bits per heavy atom. The van der Waals surface area contributed by atoms with Crippen molar-refractivity contribution < 1.29 is 23.5 Å².